The highest BCUT2D eigenvalue weighted by atomic mass is 32.2. The highest BCUT2D eigenvalue weighted by Gasteiger charge is 2.38. The van der Waals surface area contributed by atoms with E-state index < -0.39 is 21.9 Å². The first-order valence-corrected chi connectivity index (χ1v) is 10.6. The summed E-state index contributed by atoms with van der Waals surface area (Å²) in [5.74, 6) is -4.23. The van der Waals surface area contributed by atoms with Crippen LogP contribution in [0.1, 0.15) is 11.5 Å². The van der Waals surface area contributed by atoms with E-state index >= 15 is 0 Å². The standard InChI is InChI=1S/C23H20F2NO3S/c1-2-23(24,25)22(17-29-20-12-5-3-6-13-20)18-10-9-11-19(16-18)26-30(27,28)21-14-7-4-8-15-21/h2-5,7-16,22,26H,1,17H2. The van der Waals surface area contributed by atoms with Crippen LogP contribution in [-0.2, 0) is 10.0 Å². The van der Waals surface area contributed by atoms with Gasteiger partial charge in [-0.2, -0.15) is 0 Å². The molecule has 0 saturated carbocycles. The second kappa shape index (κ2) is 9.09. The molecule has 0 spiro atoms. The van der Waals surface area contributed by atoms with Gasteiger partial charge >= 0.3 is 0 Å². The van der Waals surface area contributed by atoms with Crippen molar-refractivity contribution in [2.45, 2.75) is 16.7 Å². The lowest BCUT2D eigenvalue weighted by Gasteiger charge is -2.25. The van der Waals surface area contributed by atoms with Crippen LogP contribution in [0.15, 0.2) is 96.4 Å². The topological polar surface area (TPSA) is 55.4 Å². The van der Waals surface area contributed by atoms with Crippen molar-refractivity contribution in [1.82, 2.24) is 0 Å². The molecule has 7 heteroatoms. The Bertz CT molecular complexity index is 1090. The molecular weight excluding hydrogens is 408 g/mol. The SMILES string of the molecule is C=CC(F)(F)C(COc1c[c]ccc1)c1cccc(NS(=O)(=O)c2ccccc2)c1. The molecule has 3 aromatic rings. The monoisotopic (exact) mass is 428 g/mol. The van der Waals surface area contributed by atoms with E-state index in [1.807, 2.05) is 0 Å². The first kappa shape index (κ1) is 21.5. The Morgan fingerprint density at radius 2 is 1.87 bits per heavy atom. The Balaban J connectivity index is 1.86. The summed E-state index contributed by atoms with van der Waals surface area (Å²) in [5.41, 5.74) is 0.391. The first-order valence-electron chi connectivity index (χ1n) is 9.10. The Morgan fingerprint density at radius 3 is 2.53 bits per heavy atom. The van der Waals surface area contributed by atoms with Gasteiger partial charge in [0.25, 0.3) is 15.9 Å². The van der Waals surface area contributed by atoms with Crippen molar-refractivity contribution in [3.8, 4) is 5.75 Å². The van der Waals surface area contributed by atoms with Crippen molar-refractivity contribution in [2.24, 2.45) is 0 Å². The summed E-state index contributed by atoms with van der Waals surface area (Å²) in [5, 5.41) is 0. The van der Waals surface area contributed by atoms with E-state index in [1.165, 1.54) is 36.4 Å². The van der Waals surface area contributed by atoms with Crippen molar-refractivity contribution in [2.75, 3.05) is 11.3 Å². The summed E-state index contributed by atoms with van der Waals surface area (Å²) >= 11 is 0. The normalized spacial score (nSPS) is 12.7. The summed E-state index contributed by atoms with van der Waals surface area (Å²) in [7, 11) is -3.85. The van der Waals surface area contributed by atoms with E-state index in [1.54, 1.807) is 42.5 Å². The van der Waals surface area contributed by atoms with Gasteiger partial charge in [-0.3, -0.25) is 4.72 Å². The van der Waals surface area contributed by atoms with Crippen LogP contribution in [0.5, 0.6) is 5.75 Å². The number of anilines is 1. The lowest BCUT2D eigenvalue weighted by molar-refractivity contribution is 0.00760. The molecule has 0 amide bonds. The van der Waals surface area contributed by atoms with Crippen molar-refractivity contribution in [3.05, 3.63) is 103 Å². The molecule has 155 valence electrons. The van der Waals surface area contributed by atoms with Gasteiger partial charge in [-0.15, -0.1) is 0 Å². The van der Waals surface area contributed by atoms with Crippen LogP contribution in [0.25, 0.3) is 0 Å². The summed E-state index contributed by atoms with van der Waals surface area (Å²) in [6.45, 7) is 2.90. The second-order valence-electron chi connectivity index (χ2n) is 6.53. The van der Waals surface area contributed by atoms with E-state index in [-0.39, 0.29) is 22.8 Å². The van der Waals surface area contributed by atoms with Gasteiger partial charge < -0.3 is 4.74 Å². The maximum Gasteiger partial charge on any atom is 0.276 e. The summed E-state index contributed by atoms with van der Waals surface area (Å²) in [4.78, 5) is 0.0760. The van der Waals surface area contributed by atoms with Crippen LogP contribution < -0.4 is 9.46 Å². The quantitative estimate of drug-likeness (QED) is 0.472. The maximum absolute atomic E-state index is 14.6. The molecule has 3 aromatic carbocycles. The number of ether oxygens (including phenoxy) is 1. The third-order valence-electron chi connectivity index (χ3n) is 4.43. The van der Waals surface area contributed by atoms with Gasteiger partial charge in [-0.1, -0.05) is 49.0 Å². The molecule has 0 aliphatic heterocycles. The van der Waals surface area contributed by atoms with Gasteiger partial charge in [0, 0.05) is 5.69 Å². The fourth-order valence-electron chi connectivity index (χ4n) is 2.85. The number of hydrogen-bond donors (Lipinski definition) is 1. The summed E-state index contributed by atoms with van der Waals surface area (Å²) in [6.07, 6.45) is 0.568. The number of rotatable bonds is 9. The molecule has 0 aliphatic carbocycles. The lowest BCUT2D eigenvalue weighted by atomic mass is 9.93. The molecule has 0 bridgehead atoms. The molecule has 3 rings (SSSR count). The van der Waals surface area contributed by atoms with Gasteiger partial charge in [-0.05, 0) is 54.1 Å². The molecule has 0 fully saturated rings. The zero-order valence-corrected chi connectivity index (χ0v) is 16.8. The van der Waals surface area contributed by atoms with Crippen molar-refractivity contribution in [1.29, 1.82) is 0 Å². The zero-order chi connectivity index (χ0) is 21.6. The number of hydrogen-bond acceptors (Lipinski definition) is 3. The predicted octanol–water partition coefficient (Wildman–Crippen LogP) is 5.27. The highest BCUT2D eigenvalue weighted by molar-refractivity contribution is 7.92. The Morgan fingerprint density at radius 1 is 1.10 bits per heavy atom. The van der Waals surface area contributed by atoms with E-state index in [4.69, 9.17) is 4.74 Å². The average Bonchev–Trinajstić information content (AvgIpc) is 2.75. The number of benzene rings is 3. The van der Waals surface area contributed by atoms with Gasteiger partial charge in [0.2, 0.25) is 0 Å². The van der Waals surface area contributed by atoms with Gasteiger partial charge in [-0.25, -0.2) is 17.2 Å². The molecule has 0 aromatic heterocycles. The first-order chi connectivity index (χ1) is 14.3. The smallest absolute Gasteiger partial charge is 0.276 e. The van der Waals surface area contributed by atoms with Crippen molar-refractivity contribution < 1.29 is 21.9 Å². The lowest BCUT2D eigenvalue weighted by Crippen LogP contribution is -2.29. The number of halogens is 2. The molecule has 30 heavy (non-hydrogen) atoms. The second-order valence-corrected chi connectivity index (χ2v) is 8.21. The molecule has 0 heterocycles. The van der Waals surface area contributed by atoms with Gasteiger partial charge in [0.15, 0.2) is 0 Å². The number of sulfonamides is 1. The Hall–Kier alpha value is -3.19. The molecule has 0 aliphatic rings. The molecule has 0 saturated heterocycles. The average molecular weight is 428 g/mol. The molecule has 1 unspecified atom stereocenters. The van der Waals surface area contributed by atoms with E-state index in [0.717, 1.165) is 0 Å². The summed E-state index contributed by atoms with van der Waals surface area (Å²) in [6, 6.07) is 23.1. The predicted molar refractivity (Wildman–Crippen MR) is 112 cm³/mol. The van der Waals surface area contributed by atoms with Crippen LogP contribution in [-0.4, -0.2) is 20.9 Å². The van der Waals surface area contributed by atoms with Crippen LogP contribution in [0.4, 0.5) is 14.5 Å². The minimum atomic E-state index is -3.85. The molecule has 1 N–H and O–H groups in total. The van der Waals surface area contributed by atoms with E-state index in [2.05, 4.69) is 17.4 Å². The van der Waals surface area contributed by atoms with Crippen molar-refractivity contribution >= 4 is 15.7 Å². The van der Waals surface area contributed by atoms with E-state index in [9.17, 15) is 17.2 Å². The fourth-order valence-corrected chi connectivity index (χ4v) is 3.92. The Labute approximate surface area is 174 Å². The zero-order valence-electron chi connectivity index (χ0n) is 16.0. The van der Waals surface area contributed by atoms with Crippen molar-refractivity contribution in [3.63, 3.8) is 0 Å². The van der Waals surface area contributed by atoms with Gasteiger partial charge in [0.05, 0.1) is 10.8 Å². The molecule has 1 atom stereocenters. The third kappa shape index (κ3) is 5.24. The largest absolute Gasteiger partial charge is 0.493 e. The number of alkyl halides is 2. The maximum atomic E-state index is 14.6. The minimum Gasteiger partial charge on any atom is -0.493 e. The van der Waals surface area contributed by atoms with Crippen LogP contribution in [0.2, 0.25) is 0 Å². The molecule has 4 nitrogen and oxygen atoms in total. The van der Waals surface area contributed by atoms with E-state index in [0.29, 0.717) is 11.8 Å². The highest BCUT2D eigenvalue weighted by Crippen LogP contribution is 2.36. The van der Waals surface area contributed by atoms with Crippen LogP contribution in [0.3, 0.4) is 0 Å². The molecule has 1 radical (unpaired) electrons. The van der Waals surface area contributed by atoms with Gasteiger partial charge in [0.1, 0.15) is 12.4 Å². The third-order valence-corrected chi connectivity index (χ3v) is 5.82. The van der Waals surface area contributed by atoms with Crippen LogP contribution in [0, 0.1) is 6.07 Å². The Kier molecular flexibility index (Phi) is 6.52. The number of allylic oxidation sites excluding steroid dienone is 1. The number of nitrogens with one attached hydrogen (secondary N) is 1. The summed E-state index contributed by atoms with van der Waals surface area (Å²) < 4.78 is 62.2. The molecular formula is C23H20F2NO3S. The fraction of sp³-hybridized carbons (Fsp3) is 0.130. The van der Waals surface area contributed by atoms with Crippen LogP contribution >= 0.6 is 0 Å². The minimum absolute atomic E-state index is 0.0760.